The maximum atomic E-state index is 12.0. The Hall–Kier alpha value is -1.98. The van der Waals surface area contributed by atoms with Crippen molar-refractivity contribution in [2.24, 2.45) is 0 Å². The van der Waals surface area contributed by atoms with Crippen LogP contribution in [0.2, 0.25) is 0 Å². The largest absolute Gasteiger partial charge is 0.422 e. The molecule has 0 bridgehead atoms. The van der Waals surface area contributed by atoms with Crippen LogP contribution >= 0.6 is 22.7 Å². The summed E-state index contributed by atoms with van der Waals surface area (Å²) in [6.07, 6.45) is 3.18. The Balaban J connectivity index is 1.78. The highest BCUT2D eigenvalue weighted by Gasteiger charge is 2.12. The van der Waals surface area contributed by atoms with E-state index in [0.717, 1.165) is 10.4 Å². The Bertz CT molecular complexity index is 675. The van der Waals surface area contributed by atoms with E-state index < -0.39 is 0 Å². The monoisotopic (exact) mass is 287 g/mol. The summed E-state index contributed by atoms with van der Waals surface area (Å²) >= 11 is 3.07. The first kappa shape index (κ1) is 12.1. The molecule has 0 spiro atoms. The van der Waals surface area contributed by atoms with Crippen LogP contribution in [0, 0.1) is 0 Å². The number of pyridine rings is 1. The number of ether oxygens (including phenoxy) is 1. The molecule has 0 saturated carbocycles. The SMILES string of the molecule is O=C(Oc1ccncc1)c1ccc(-c2ccsc2)s1. The molecule has 3 nitrogen and oxygen atoms in total. The molecule has 0 unspecified atom stereocenters. The van der Waals surface area contributed by atoms with Gasteiger partial charge in [-0.1, -0.05) is 0 Å². The lowest BCUT2D eigenvalue weighted by Gasteiger charge is -2.00. The molecule has 0 radical (unpaired) electrons. The first-order valence-electron chi connectivity index (χ1n) is 5.57. The van der Waals surface area contributed by atoms with Gasteiger partial charge in [-0.25, -0.2) is 4.79 Å². The first-order valence-corrected chi connectivity index (χ1v) is 7.33. The predicted octanol–water partition coefficient (Wildman–Crippen LogP) is 4.09. The number of aromatic nitrogens is 1. The summed E-state index contributed by atoms with van der Waals surface area (Å²) in [7, 11) is 0. The maximum absolute atomic E-state index is 12.0. The van der Waals surface area contributed by atoms with E-state index in [1.807, 2.05) is 17.5 Å². The Labute approximate surface area is 118 Å². The quantitative estimate of drug-likeness (QED) is 0.681. The lowest BCUT2D eigenvalue weighted by Crippen LogP contribution is -2.05. The molecule has 0 saturated heterocycles. The summed E-state index contributed by atoms with van der Waals surface area (Å²) < 4.78 is 5.27. The zero-order chi connectivity index (χ0) is 13.1. The van der Waals surface area contributed by atoms with Crippen LogP contribution in [0.1, 0.15) is 9.67 Å². The molecule has 0 N–H and O–H groups in total. The second-order valence-electron chi connectivity index (χ2n) is 3.75. The summed E-state index contributed by atoms with van der Waals surface area (Å²) in [5.41, 5.74) is 1.14. The summed E-state index contributed by atoms with van der Waals surface area (Å²) in [5.74, 6) is 0.170. The van der Waals surface area contributed by atoms with E-state index >= 15 is 0 Å². The van der Waals surface area contributed by atoms with E-state index in [-0.39, 0.29) is 5.97 Å². The fourth-order valence-corrected chi connectivity index (χ4v) is 3.18. The third kappa shape index (κ3) is 2.72. The van der Waals surface area contributed by atoms with E-state index in [0.29, 0.717) is 10.6 Å². The highest BCUT2D eigenvalue weighted by molar-refractivity contribution is 7.17. The van der Waals surface area contributed by atoms with Crippen molar-refractivity contribution in [1.29, 1.82) is 0 Å². The van der Waals surface area contributed by atoms with Crippen molar-refractivity contribution in [3.63, 3.8) is 0 Å². The zero-order valence-electron chi connectivity index (χ0n) is 9.78. The minimum Gasteiger partial charge on any atom is -0.422 e. The molecule has 0 aliphatic heterocycles. The molecule has 3 aromatic heterocycles. The number of thiophene rings is 2. The van der Waals surface area contributed by atoms with Crippen LogP contribution in [0.3, 0.4) is 0 Å². The van der Waals surface area contributed by atoms with Crippen LogP contribution in [0.5, 0.6) is 5.75 Å². The van der Waals surface area contributed by atoms with Crippen LogP contribution in [0.25, 0.3) is 10.4 Å². The van der Waals surface area contributed by atoms with Gasteiger partial charge in [0.1, 0.15) is 10.6 Å². The van der Waals surface area contributed by atoms with Crippen LogP contribution in [-0.2, 0) is 0 Å². The second kappa shape index (κ2) is 5.34. The fraction of sp³-hybridized carbons (Fsp3) is 0. The zero-order valence-corrected chi connectivity index (χ0v) is 11.4. The standard InChI is InChI=1S/C14H9NO2S2/c16-14(17-11-3-6-15-7-4-11)13-2-1-12(19-13)10-5-8-18-9-10/h1-9H. The predicted molar refractivity (Wildman–Crippen MR) is 76.8 cm³/mol. The Kier molecular flexibility index (Phi) is 3.39. The first-order chi connectivity index (χ1) is 9.33. The molecule has 19 heavy (non-hydrogen) atoms. The molecule has 94 valence electrons. The molecule has 3 rings (SSSR count). The van der Waals surface area contributed by atoms with E-state index in [1.54, 1.807) is 41.9 Å². The van der Waals surface area contributed by atoms with Gasteiger partial charge in [0, 0.05) is 22.8 Å². The van der Waals surface area contributed by atoms with Gasteiger partial charge < -0.3 is 4.74 Å². The molecule has 0 amide bonds. The van der Waals surface area contributed by atoms with Gasteiger partial charge in [-0.2, -0.15) is 11.3 Å². The van der Waals surface area contributed by atoms with Crippen LogP contribution < -0.4 is 4.74 Å². The summed E-state index contributed by atoms with van der Waals surface area (Å²) in [4.78, 5) is 17.5. The van der Waals surface area contributed by atoms with Gasteiger partial charge in [0.05, 0.1) is 0 Å². The van der Waals surface area contributed by atoms with Gasteiger partial charge in [-0.05, 0) is 41.1 Å². The summed E-state index contributed by atoms with van der Waals surface area (Å²) in [6.45, 7) is 0. The molecule has 0 fully saturated rings. The van der Waals surface area contributed by atoms with Crippen molar-refractivity contribution in [2.45, 2.75) is 0 Å². The van der Waals surface area contributed by atoms with Crippen LogP contribution in [0.4, 0.5) is 0 Å². The van der Waals surface area contributed by atoms with Crippen molar-refractivity contribution < 1.29 is 9.53 Å². The normalized spacial score (nSPS) is 10.3. The third-order valence-electron chi connectivity index (χ3n) is 2.47. The van der Waals surface area contributed by atoms with Crippen LogP contribution in [0.15, 0.2) is 53.5 Å². The van der Waals surface area contributed by atoms with Gasteiger partial charge >= 0.3 is 5.97 Å². The lowest BCUT2D eigenvalue weighted by atomic mass is 10.3. The lowest BCUT2D eigenvalue weighted by molar-refractivity contribution is 0.0740. The fourth-order valence-electron chi connectivity index (χ4n) is 1.57. The average Bonchev–Trinajstić information content (AvgIpc) is 3.11. The molecule has 0 aliphatic rings. The van der Waals surface area contributed by atoms with Gasteiger partial charge in [0.25, 0.3) is 0 Å². The molecule has 0 aromatic carbocycles. The van der Waals surface area contributed by atoms with Crippen LogP contribution in [-0.4, -0.2) is 11.0 Å². The molecular weight excluding hydrogens is 278 g/mol. The number of carbonyl (C=O) groups excluding carboxylic acids is 1. The third-order valence-corrected chi connectivity index (χ3v) is 4.27. The number of esters is 1. The van der Waals surface area contributed by atoms with Gasteiger partial charge in [0.2, 0.25) is 0 Å². The van der Waals surface area contributed by atoms with E-state index in [1.165, 1.54) is 11.3 Å². The Morgan fingerprint density at radius 2 is 1.95 bits per heavy atom. The maximum Gasteiger partial charge on any atom is 0.353 e. The number of hydrogen-bond acceptors (Lipinski definition) is 5. The molecule has 0 atom stereocenters. The molecule has 3 heterocycles. The van der Waals surface area contributed by atoms with Gasteiger partial charge in [0.15, 0.2) is 0 Å². The number of hydrogen-bond donors (Lipinski definition) is 0. The van der Waals surface area contributed by atoms with E-state index in [2.05, 4.69) is 10.4 Å². The Morgan fingerprint density at radius 1 is 1.11 bits per heavy atom. The summed E-state index contributed by atoms with van der Waals surface area (Å²) in [6, 6.07) is 9.09. The molecule has 5 heteroatoms. The molecule has 0 aliphatic carbocycles. The highest BCUT2D eigenvalue weighted by atomic mass is 32.1. The van der Waals surface area contributed by atoms with Gasteiger partial charge in [-0.3, -0.25) is 4.98 Å². The smallest absolute Gasteiger partial charge is 0.353 e. The molecular formula is C14H9NO2S2. The van der Waals surface area contributed by atoms with Crippen molar-refractivity contribution in [3.05, 3.63) is 58.4 Å². The van der Waals surface area contributed by atoms with Crippen molar-refractivity contribution in [3.8, 4) is 16.2 Å². The van der Waals surface area contributed by atoms with E-state index in [4.69, 9.17) is 4.74 Å². The van der Waals surface area contributed by atoms with Gasteiger partial charge in [-0.15, -0.1) is 11.3 Å². The van der Waals surface area contributed by atoms with Crippen molar-refractivity contribution >= 4 is 28.6 Å². The number of rotatable bonds is 3. The summed E-state index contributed by atoms with van der Waals surface area (Å²) in [5, 5.41) is 4.08. The average molecular weight is 287 g/mol. The number of nitrogens with zero attached hydrogens (tertiary/aromatic N) is 1. The minimum absolute atomic E-state index is 0.335. The number of carbonyl (C=O) groups is 1. The van der Waals surface area contributed by atoms with Crippen molar-refractivity contribution in [2.75, 3.05) is 0 Å². The van der Waals surface area contributed by atoms with E-state index in [9.17, 15) is 4.79 Å². The second-order valence-corrected chi connectivity index (χ2v) is 5.61. The Morgan fingerprint density at radius 3 is 2.68 bits per heavy atom. The topological polar surface area (TPSA) is 39.2 Å². The van der Waals surface area contributed by atoms with Crippen molar-refractivity contribution in [1.82, 2.24) is 4.98 Å². The minimum atomic E-state index is -0.335. The highest BCUT2D eigenvalue weighted by Crippen LogP contribution is 2.30. The molecule has 3 aromatic rings.